The molecule has 0 aliphatic rings. The zero-order valence-corrected chi connectivity index (χ0v) is 12.7. The lowest BCUT2D eigenvalue weighted by Gasteiger charge is -2.16. The predicted octanol–water partition coefficient (Wildman–Crippen LogP) is 2.20. The van der Waals surface area contributed by atoms with Crippen molar-refractivity contribution in [2.75, 3.05) is 0 Å². The van der Waals surface area contributed by atoms with Crippen molar-refractivity contribution in [2.45, 2.75) is 38.2 Å². The second-order valence-corrected chi connectivity index (χ2v) is 6.69. The number of esters is 1. The molecular formula is C13H17F2NO4S. The number of rotatable bonds is 5. The average molecular weight is 321 g/mol. The Morgan fingerprint density at radius 2 is 1.86 bits per heavy atom. The maximum atomic E-state index is 14.0. The minimum Gasteiger partial charge on any atom is -0.459 e. The van der Waals surface area contributed by atoms with Gasteiger partial charge in [-0.05, 0) is 31.4 Å². The molecule has 0 saturated carbocycles. The molecule has 0 aliphatic heterocycles. The number of hydrogen-bond donors (Lipinski definition) is 1. The van der Waals surface area contributed by atoms with Crippen LogP contribution in [-0.4, -0.2) is 20.5 Å². The van der Waals surface area contributed by atoms with Gasteiger partial charge in [-0.25, -0.2) is 27.1 Å². The number of nitrogens with two attached hydrogens (primary N) is 1. The Hall–Kier alpha value is -1.54. The first-order chi connectivity index (χ1) is 9.52. The van der Waals surface area contributed by atoms with Crippen LogP contribution in [0, 0.1) is 17.6 Å². The quantitative estimate of drug-likeness (QED) is 0.842. The molecule has 1 aromatic carbocycles. The molecule has 0 fully saturated rings. The number of carbonyl (C=O) groups is 1. The summed E-state index contributed by atoms with van der Waals surface area (Å²) >= 11 is 0. The Morgan fingerprint density at radius 1 is 1.29 bits per heavy atom. The summed E-state index contributed by atoms with van der Waals surface area (Å²) in [5.74, 6) is -3.40. The number of carbonyl (C=O) groups excluding carboxylic acids is 1. The van der Waals surface area contributed by atoms with Crippen LogP contribution in [0.4, 0.5) is 8.78 Å². The van der Waals surface area contributed by atoms with Gasteiger partial charge in [-0.3, -0.25) is 0 Å². The molecular weight excluding hydrogens is 304 g/mol. The number of halogens is 2. The maximum absolute atomic E-state index is 14.0. The van der Waals surface area contributed by atoms with Crippen molar-refractivity contribution < 1.29 is 26.7 Å². The van der Waals surface area contributed by atoms with Crippen LogP contribution in [0.15, 0.2) is 17.0 Å². The summed E-state index contributed by atoms with van der Waals surface area (Å²) in [7, 11) is -4.48. The normalized spacial score (nSPS) is 13.3. The van der Waals surface area contributed by atoms with Crippen molar-refractivity contribution in [2.24, 2.45) is 11.1 Å². The van der Waals surface area contributed by atoms with Gasteiger partial charge in [0.15, 0.2) is 5.82 Å². The van der Waals surface area contributed by atoms with E-state index < -0.39 is 44.2 Å². The second-order valence-electron chi connectivity index (χ2n) is 5.16. The summed E-state index contributed by atoms with van der Waals surface area (Å²) in [6.45, 7) is 5.42. The number of primary sulfonamides is 1. The van der Waals surface area contributed by atoms with E-state index in [1.165, 1.54) is 0 Å². The molecule has 0 heterocycles. The Bertz CT molecular complexity index is 644. The van der Waals surface area contributed by atoms with Crippen molar-refractivity contribution in [3.05, 3.63) is 29.3 Å². The molecule has 1 atom stereocenters. The summed E-state index contributed by atoms with van der Waals surface area (Å²) in [5.41, 5.74) is -0.797. The monoisotopic (exact) mass is 321 g/mol. The first kappa shape index (κ1) is 17.5. The van der Waals surface area contributed by atoms with Crippen molar-refractivity contribution in [3.63, 3.8) is 0 Å². The largest absolute Gasteiger partial charge is 0.459 e. The van der Waals surface area contributed by atoms with Crippen LogP contribution in [0.2, 0.25) is 0 Å². The van der Waals surface area contributed by atoms with Gasteiger partial charge in [-0.15, -0.1) is 0 Å². The Balaban J connectivity index is 3.14. The highest BCUT2D eigenvalue weighted by atomic mass is 32.2. The molecule has 1 aromatic rings. The minimum absolute atomic E-state index is 0.241. The summed E-state index contributed by atoms with van der Waals surface area (Å²) in [5, 5.41) is 4.78. The van der Waals surface area contributed by atoms with E-state index in [0.717, 1.165) is 0 Å². The number of sulfonamides is 1. The van der Waals surface area contributed by atoms with E-state index in [2.05, 4.69) is 0 Å². The lowest BCUT2D eigenvalue weighted by atomic mass is 10.1. The molecule has 0 radical (unpaired) electrons. The van der Waals surface area contributed by atoms with E-state index in [9.17, 15) is 22.0 Å². The van der Waals surface area contributed by atoms with E-state index in [4.69, 9.17) is 9.88 Å². The molecule has 0 bridgehead atoms. The van der Waals surface area contributed by atoms with E-state index in [1.807, 2.05) is 13.8 Å². The number of benzene rings is 1. The standard InChI is InChI=1S/C13H17F2NO4S/c1-7(2)4-8(3)20-13(17)10-5-9(14)6-11(12(10)15)21(16,18)19/h5-8H,4H2,1-3H3,(H2,16,18,19). The molecule has 0 saturated heterocycles. The van der Waals surface area contributed by atoms with Crippen LogP contribution >= 0.6 is 0 Å². The molecule has 118 valence electrons. The average Bonchev–Trinajstić information content (AvgIpc) is 2.28. The summed E-state index contributed by atoms with van der Waals surface area (Å²) in [6, 6.07) is 0.993. The van der Waals surface area contributed by atoms with E-state index in [0.29, 0.717) is 18.6 Å². The van der Waals surface area contributed by atoms with Gasteiger partial charge in [0.25, 0.3) is 0 Å². The Labute approximate surface area is 122 Å². The van der Waals surface area contributed by atoms with Gasteiger partial charge >= 0.3 is 5.97 Å². The summed E-state index contributed by atoms with van der Waals surface area (Å²) in [6.07, 6.45) is 0.0168. The molecule has 8 heteroatoms. The van der Waals surface area contributed by atoms with Crippen LogP contribution < -0.4 is 5.14 Å². The fraction of sp³-hybridized carbons (Fsp3) is 0.462. The highest BCUT2D eigenvalue weighted by Gasteiger charge is 2.25. The van der Waals surface area contributed by atoms with Crippen molar-refractivity contribution in [3.8, 4) is 0 Å². The van der Waals surface area contributed by atoms with Crippen LogP contribution in [0.1, 0.15) is 37.6 Å². The first-order valence-corrected chi connectivity index (χ1v) is 7.79. The molecule has 21 heavy (non-hydrogen) atoms. The van der Waals surface area contributed by atoms with Gasteiger partial charge in [0.1, 0.15) is 10.7 Å². The molecule has 0 aromatic heterocycles. The lowest BCUT2D eigenvalue weighted by molar-refractivity contribution is 0.0293. The third kappa shape index (κ3) is 4.75. The Kier molecular flexibility index (Phi) is 5.41. The summed E-state index contributed by atoms with van der Waals surface area (Å²) in [4.78, 5) is 10.7. The molecule has 5 nitrogen and oxygen atoms in total. The molecule has 1 rings (SSSR count). The highest BCUT2D eigenvalue weighted by Crippen LogP contribution is 2.21. The van der Waals surface area contributed by atoms with E-state index >= 15 is 0 Å². The van der Waals surface area contributed by atoms with Gasteiger partial charge in [-0.2, -0.15) is 0 Å². The van der Waals surface area contributed by atoms with Gasteiger partial charge in [-0.1, -0.05) is 13.8 Å². The Morgan fingerprint density at radius 3 is 2.33 bits per heavy atom. The molecule has 0 amide bonds. The van der Waals surface area contributed by atoms with Crippen molar-refractivity contribution >= 4 is 16.0 Å². The number of ether oxygens (including phenoxy) is 1. The maximum Gasteiger partial charge on any atom is 0.341 e. The van der Waals surface area contributed by atoms with Gasteiger partial charge in [0, 0.05) is 0 Å². The fourth-order valence-corrected chi connectivity index (χ4v) is 2.51. The van der Waals surface area contributed by atoms with Gasteiger partial charge in [0.2, 0.25) is 10.0 Å². The van der Waals surface area contributed by atoms with E-state index in [-0.39, 0.29) is 5.92 Å². The summed E-state index contributed by atoms with van der Waals surface area (Å²) < 4.78 is 54.6. The third-order valence-electron chi connectivity index (χ3n) is 2.64. The first-order valence-electron chi connectivity index (χ1n) is 6.25. The second kappa shape index (κ2) is 6.48. The lowest BCUT2D eigenvalue weighted by Crippen LogP contribution is -2.21. The van der Waals surface area contributed by atoms with Crippen LogP contribution in [0.25, 0.3) is 0 Å². The van der Waals surface area contributed by atoms with Gasteiger partial charge in [0.05, 0.1) is 11.7 Å². The zero-order valence-electron chi connectivity index (χ0n) is 11.9. The molecule has 0 spiro atoms. The van der Waals surface area contributed by atoms with E-state index in [1.54, 1.807) is 6.92 Å². The van der Waals surface area contributed by atoms with Gasteiger partial charge < -0.3 is 4.74 Å². The van der Waals surface area contributed by atoms with Crippen LogP contribution in [0.3, 0.4) is 0 Å². The molecule has 0 aliphatic carbocycles. The minimum atomic E-state index is -4.48. The van der Waals surface area contributed by atoms with Crippen LogP contribution in [-0.2, 0) is 14.8 Å². The van der Waals surface area contributed by atoms with Crippen LogP contribution in [0.5, 0.6) is 0 Å². The zero-order chi connectivity index (χ0) is 16.4. The topological polar surface area (TPSA) is 86.5 Å². The fourth-order valence-electron chi connectivity index (χ4n) is 1.88. The number of hydrogen-bond acceptors (Lipinski definition) is 4. The third-order valence-corrected chi connectivity index (χ3v) is 3.55. The smallest absolute Gasteiger partial charge is 0.341 e. The van der Waals surface area contributed by atoms with Crippen molar-refractivity contribution in [1.29, 1.82) is 0 Å². The predicted molar refractivity (Wildman–Crippen MR) is 72.1 cm³/mol. The molecule has 2 N–H and O–H groups in total. The van der Waals surface area contributed by atoms with Crippen molar-refractivity contribution in [1.82, 2.24) is 0 Å². The highest BCUT2D eigenvalue weighted by molar-refractivity contribution is 7.89. The SMILES string of the molecule is CC(C)CC(C)OC(=O)c1cc(F)cc(S(N)(=O)=O)c1F. The molecule has 1 unspecified atom stereocenters.